The Hall–Kier alpha value is -4.59. The molecule has 0 radical (unpaired) electrons. The van der Waals surface area contributed by atoms with Gasteiger partial charge in [0, 0.05) is 37.2 Å². The van der Waals surface area contributed by atoms with Crippen LogP contribution in [0.2, 0.25) is 0 Å². The van der Waals surface area contributed by atoms with Crippen LogP contribution in [0.25, 0.3) is 16.9 Å². The molecule has 6 rings (SSSR count). The summed E-state index contributed by atoms with van der Waals surface area (Å²) in [5, 5.41) is 11.1. The molecule has 2 N–H and O–H groups in total. The number of carbonyl (C=O) groups excluding carboxylic acids is 1. The predicted octanol–water partition coefficient (Wildman–Crippen LogP) is 4.60. The molecule has 1 fully saturated rings. The minimum atomic E-state index is -0.374. The van der Waals surface area contributed by atoms with Crippen LogP contribution in [-0.4, -0.2) is 63.0 Å². The van der Waals surface area contributed by atoms with E-state index in [2.05, 4.69) is 37.3 Å². The van der Waals surface area contributed by atoms with Gasteiger partial charge in [-0.25, -0.2) is 23.8 Å². The van der Waals surface area contributed by atoms with Gasteiger partial charge in [0.05, 0.1) is 23.8 Å². The van der Waals surface area contributed by atoms with E-state index in [1.54, 1.807) is 30.3 Å². The zero-order valence-electron chi connectivity index (χ0n) is 23.8. The average molecular weight is 566 g/mol. The summed E-state index contributed by atoms with van der Waals surface area (Å²) in [5.41, 5.74) is 5.00. The maximum Gasteiger partial charge on any atom is 0.320 e. The largest absolute Gasteiger partial charge is 0.372 e. The molecule has 42 heavy (non-hydrogen) atoms. The molecule has 4 heterocycles. The quantitative estimate of drug-likeness (QED) is 0.344. The molecule has 0 spiro atoms. The number of hydrogen-bond acceptors (Lipinski definition) is 6. The predicted molar refractivity (Wildman–Crippen MR) is 158 cm³/mol. The Balaban J connectivity index is 1.31. The van der Waals surface area contributed by atoms with Crippen molar-refractivity contribution in [1.29, 1.82) is 0 Å². The number of para-hydroxylation sites is 1. The van der Waals surface area contributed by atoms with E-state index in [4.69, 9.17) is 9.84 Å². The van der Waals surface area contributed by atoms with Crippen molar-refractivity contribution in [2.45, 2.75) is 44.8 Å². The Labute approximate surface area is 244 Å². The minimum absolute atomic E-state index is 0.0865. The standard InChI is InChI=1S/C32H32FN7O2/c1-20-29(23-18-34-21(2)35-19-23)38-40(25-8-5-4-6-9-25)31(20)37-32(41)36-28-17-26(10-7-15-42-3)39-14-13-22-11-12-24(33)16-27(22)30(28)39/h4-6,8-9,11-12,16,18-19,26,28,30H,13-15,17H2,1-3H3,(H2,36,37,41)/t26-,28+,30-/m0/s1. The molecular weight excluding hydrogens is 533 g/mol. The van der Waals surface area contributed by atoms with Gasteiger partial charge in [0.15, 0.2) is 0 Å². The lowest BCUT2D eigenvalue weighted by molar-refractivity contribution is 0.197. The second-order valence-electron chi connectivity index (χ2n) is 10.6. The number of nitrogens with one attached hydrogen (secondary N) is 2. The fraction of sp³-hybridized carbons (Fsp3) is 0.312. The minimum Gasteiger partial charge on any atom is -0.372 e. The van der Waals surface area contributed by atoms with E-state index in [9.17, 15) is 9.18 Å². The number of nitrogens with zero attached hydrogens (tertiary/aromatic N) is 5. The summed E-state index contributed by atoms with van der Waals surface area (Å²) in [7, 11) is 1.61. The van der Waals surface area contributed by atoms with Crippen LogP contribution in [0.4, 0.5) is 15.0 Å². The number of benzene rings is 2. The van der Waals surface area contributed by atoms with Gasteiger partial charge in [-0.3, -0.25) is 10.2 Å². The van der Waals surface area contributed by atoms with Crippen LogP contribution in [0.15, 0.2) is 60.9 Å². The van der Waals surface area contributed by atoms with E-state index in [1.165, 1.54) is 6.07 Å². The first-order chi connectivity index (χ1) is 20.4. The Kier molecular flexibility index (Phi) is 7.69. The molecule has 0 saturated carbocycles. The molecule has 2 aromatic carbocycles. The van der Waals surface area contributed by atoms with Crippen molar-refractivity contribution in [3.63, 3.8) is 0 Å². The highest BCUT2D eigenvalue weighted by Crippen LogP contribution is 2.41. The summed E-state index contributed by atoms with van der Waals surface area (Å²) in [6.45, 7) is 4.84. The van der Waals surface area contributed by atoms with Gasteiger partial charge < -0.3 is 10.1 Å². The van der Waals surface area contributed by atoms with Gasteiger partial charge >= 0.3 is 6.03 Å². The number of halogens is 1. The first-order valence-electron chi connectivity index (χ1n) is 14.0. The van der Waals surface area contributed by atoms with E-state index in [1.807, 2.05) is 50.2 Å². The lowest BCUT2D eigenvalue weighted by Crippen LogP contribution is -2.44. The Morgan fingerprint density at radius 3 is 2.69 bits per heavy atom. The van der Waals surface area contributed by atoms with Crippen LogP contribution in [-0.2, 0) is 11.2 Å². The maximum atomic E-state index is 14.4. The number of amides is 2. The monoisotopic (exact) mass is 565 g/mol. The smallest absolute Gasteiger partial charge is 0.320 e. The van der Waals surface area contributed by atoms with Crippen LogP contribution in [0, 0.1) is 31.5 Å². The second-order valence-corrected chi connectivity index (χ2v) is 10.6. The van der Waals surface area contributed by atoms with Crippen molar-refractivity contribution in [3.05, 3.63) is 89.3 Å². The Morgan fingerprint density at radius 2 is 1.93 bits per heavy atom. The molecule has 1 saturated heterocycles. The maximum absolute atomic E-state index is 14.4. The van der Waals surface area contributed by atoms with Gasteiger partial charge in [-0.15, -0.1) is 0 Å². The van der Waals surface area contributed by atoms with Crippen molar-refractivity contribution in [3.8, 4) is 28.8 Å². The third-order valence-electron chi connectivity index (χ3n) is 7.89. The highest BCUT2D eigenvalue weighted by atomic mass is 19.1. The van der Waals surface area contributed by atoms with Gasteiger partial charge in [-0.1, -0.05) is 36.1 Å². The molecule has 2 aromatic heterocycles. The average Bonchev–Trinajstić information content (AvgIpc) is 3.51. The summed E-state index contributed by atoms with van der Waals surface area (Å²) in [5.74, 6) is 7.29. The SMILES string of the molecule is COCC#C[C@H]1C[C@@H](NC(=O)Nc2c(C)c(-c3cnc(C)nc3)nn2-c2ccccc2)[C@@H]2c3cc(F)ccc3CCN12. The summed E-state index contributed by atoms with van der Waals surface area (Å²) < 4.78 is 21.3. The molecule has 2 aliphatic heterocycles. The second kappa shape index (κ2) is 11.7. The van der Waals surface area contributed by atoms with Crippen molar-refractivity contribution < 1.29 is 13.9 Å². The van der Waals surface area contributed by atoms with Crippen molar-refractivity contribution in [2.24, 2.45) is 0 Å². The van der Waals surface area contributed by atoms with Crippen LogP contribution in [0.1, 0.15) is 35.0 Å². The first kappa shape index (κ1) is 27.6. The molecule has 0 unspecified atom stereocenters. The highest BCUT2D eigenvalue weighted by molar-refractivity contribution is 5.91. The van der Waals surface area contributed by atoms with Gasteiger partial charge in [0.2, 0.25) is 0 Å². The molecule has 0 bridgehead atoms. The Bertz CT molecular complexity index is 1660. The number of hydrogen-bond donors (Lipinski definition) is 2. The Morgan fingerprint density at radius 1 is 1.14 bits per heavy atom. The number of ether oxygens (including phenoxy) is 1. The summed E-state index contributed by atoms with van der Waals surface area (Å²) in [4.78, 5) is 24.6. The molecular formula is C32H32FN7O2. The lowest BCUT2D eigenvalue weighted by atomic mass is 9.90. The molecule has 214 valence electrons. The summed E-state index contributed by atoms with van der Waals surface area (Å²) >= 11 is 0. The molecule has 2 amide bonds. The van der Waals surface area contributed by atoms with E-state index in [0.29, 0.717) is 30.4 Å². The normalized spacial score (nSPS) is 19.4. The molecule has 10 heteroatoms. The van der Waals surface area contributed by atoms with E-state index >= 15 is 0 Å². The lowest BCUT2D eigenvalue weighted by Gasteiger charge is -2.36. The number of rotatable bonds is 5. The van der Waals surface area contributed by atoms with Gasteiger partial charge in [-0.2, -0.15) is 5.10 Å². The topological polar surface area (TPSA) is 97.2 Å². The number of aromatic nitrogens is 4. The molecule has 4 aromatic rings. The zero-order chi connectivity index (χ0) is 29.2. The fourth-order valence-corrected chi connectivity index (χ4v) is 5.95. The fourth-order valence-electron chi connectivity index (χ4n) is 5.95. The summed E-state index contributed by atoms with van der Waals surface area (Å²) in [6.07, 6.45) is 4.87. The number of methoxy groups -OCH3 is 1. The number of urea groups is 1. The van der Waals surface area contributed by atoms with E-state index in [-0.39, 0.29) is 30.0 Å². The highest BCUT2D eigenvalue weighted by Gasteiger charge is 2.45. The van der Waals surface area contributed by atoms with Crippen molar-refractivity contribution in [1.82, 2.24) is 30.0 Å². The van der Waals surface area contributed by atoms with E-state index in [0.717, 1.165) is 40.9 Å². The van der Waals surface area contributed by atoms with Gasteiger partial charge in [0.1, 0.15) is 29.8 Å². The van der Waals surface area contributed by atoms with Crippen LogP contribution in [0.5, 0.6) is 0 Å². The number of fused-ring (bicyclic) bond motifs is 3. The molecule has 0 aliphatic carbocycles. The first-order valence-corrected chi connectivity index (χ1v) is 14.0. The third-order valence-corrected chi connectivity index (χ3v) is 7.89. The van der Waals surface area contributed by atoms with Crippen molar-refractivity contribution in [2.75, 3.05) is 25.6 Å². The van der Waals surface area contributed by atoms with Crippen LogP contribution in [0.3, 0.4) is 0 Å². The number of carbonyl (C=O) groups is 1. The van der Waals surface area contributed by atoms with Gasteiger partial charge in [-0.05, 0) is 62.1 Å². The zero-order valence-corrected chi connectivity index (χ0v) is 23.8. The third kappa shape index (κ3) is 5.36. The molecule has 9 nitrogen and oxygen atoms in total. The number of aryl methyl sites for hydroxylation is 1. The summed E-state index contributed by atoms with van der Waals surface area (Å²) in [6, 6.07) is 13.6. The van der Waals surface area contributed by atoms with Crippen LogP contribution < -0.4 is 10.6 Å². The van der Waals surface area contributed by atoms with Gasteiger partial charge in [0.25, 0.3) is 0 Å². The van der Waals surface area contributed by atoms with Crippen molar-refractivity contribution >= 4 is 11.8 Å². The molecule has 3 atom stereocenters. The number of anilines is 1. The van der Waals surface area contributed by atoms with E-state index < -0.39 is 0 Å². The van der Waals surface area contributed by atoms with Crippen LogP contribution >= 0.6 is 0 Å². The molecule has 2 aliphatic rings.